The van der Waals surface area contributed by atoms with Crippen molar-refractivity contribution in [3.63, 3.8) is 0 Å². The lowest BCUT2D eigenvalue weighted by Gasteiger charge is -2.36. The van der Waals surface area contributed by atoms with E-state index >= 15 is 0 Å². The Bertz CT molecular complexity index is 734. The van der Waals surface area contributed by atoms with Crippen molar-refractivity contribution in [3.8, 4) is 5.75 Å². The van der Waals surface area contributed by atoms with Crippen molar-refractivity contribution in [1.82, 2.24) is 0 Å². The van der Waals surface area contributed by atoms with Crippen LogP contribution >= 0.6 is 0 Å². The largest absolute Gasteiger partial charge is 0.543 e. The molecule has 1 atom stereocenters. The van der Waals surface area contributed by atoms with Gasteiger partial charge in [-0.2, -0.15) is 0 Å². The molecular formula is C20H28O2Si. The Morgan fingerprint density at radius 2 is 2.04 bits per heavy atom. The van der Waals surface area contributed by atoms with Crippen molar-refractivity contribution < 1.29 is 8.84 Å². The number of rotatable bonds is 3. The first kappa shape index (κ1) is 16.4. The van der Waals surface area contributed by atoms with Gasteiger partial charge >= 0.3 is 0 Å². The predicted octanol–water partition coefficient (Wildman–Crippen LogP) is 6.42. The minimum atomic E-state index is -1.82. The molecule has 3 rings (SSSR count). The Kier molecular flexibility index (Phi) is 3.95. The summed E-state index contributed by atoms with van der Waals surface area (Å²) in [5.41, 5.74) is 2.31. The van der Waals surface area contributed by atoms with Gasteiger partial charge in [-0.3, -0.25) is 0 Å². The van der Waals surface area contributed by atoms with Crippen LogP contribution in [0.2, 0.25) is 18.1 Å². The molecule has 1 aromatic heterocycles. The van der Waals surface area contributed by atoms with E-state index in [9.17, 15) is 0 Å². The van der Waals surface area contributed by atoms with Gasteiger partial charge < -0.3 is 8.84 Å². The lowest BCUT2D eigenvalue weighted by Crippen LogP contribution is -2.43. The Hall–Kier alpha value is -1.48. The number of benzene rings is 1. The SMILES string of the molecule is C=CC1CCCc2oc3ccc(O[Si](C)(C)C(C)(C)C)cc3c21. The van der Waals surface area contributed by atoms with Gasteiger partial charge in [0.1, 0.15) is 17.1 Å². The molecule has 3 heteroatoms. The first-order valence-corrected chi connectivity index (χ1v) is 11.5. The van der Waals surface area contributed by atoms with Gasteiger partial charge in [-0.25, -0.2) is 0 Å². The van der Waals surface area contributed by atoms with E-state index in [2.05, 4.69) is 64.7 Å². The summed E-state index contributed by atoms with van der Waals surface area (Å²) >= 11 is 0. The Labute approximate surface area is 140 Å². The second-order valence-electron chi connectivity index (χ2n) is 8.19. The average molecular weight is 329 g/mol. The summed E-state index contributed by atoms with van der Waals surface area (Å²) in [6, 6.07) is 6.30. The van der Waals surface area contributed by atoms with Gasteiger partial charge in [0.05, 0.1) is 0 Å². The Morgan fingerprint density at radius 1 is 1.30 bits per heavy atom. The van der Waals surface area contributed by atoms with Crippen LogP contribution in [0.25, 0.3) is 11.0 Å². The van der Waals surface area contributed by atoms with Crippen LogP contribution in [0.1, 0.15) is 50.9 Å². The van der Waals surface area contributed by atoms with Crippen LogP contribution < -0.4 is 4.43 Å². The van der Waals surface area contributed by atoms with Crippen LogP contribution in [0, 0.1) is 0 Å². The Morgan fingerprint density at radius 3 is 2.70 bits per heavy atom. The maximum atomic E-state index is 6.48. The highest BCUT2D eigenvalue weighted by atomic mass is 28.4. The van der Waals surface area contributed by atoms with Gasteiger partial charge in [-0.15, -0.1) is 6.58 Å². The number of allylic oxidation sites excluding steroid dienone is 1. The van der Waals surface area contributed by atoms with Crippen molar-refractivity contribution in [3.05, 3.63) is 42.2 Å². The highest BCUT2D eigenvalue weighted by molar-refractivity contribution is 6.74. The number of hydrogen-bond donors (Lipinski definition) is 0. The van der Waals surface area contributed by atoms with E-state index in [1.807, 2.05) is 0 Å². The van der Waals surface area contributed by atoms with Crippen molar-refractivity contribution in [2.75, 3.05) is 0 Å². The van der Waals surface area contributed by atoms with Gasteiger partial charge in [-0.05, 0) is 49.2 Å². The Balaban J connectivity index is 2.04. The van der Waals surface area contributed by atoms with Crippen LogP contribution in [-0.2, 0) is 6.42 Å². The van der Waals surface area contributed by atoms with Gasteiger partial charge in [-0.1, -0.05) is 26.8 Å². The van der Waals surface area contributed by atoms with Crippen LogP contribution in [-0.4, -0.2) is 8.32 Å². The summed E-state index contributed by atoms with van der Waals surface area (Å²) in [4.78, 5) is 0. The zero-order valence-corrected chi connectivity index (χ0v) is 16.0. The zero-order valence-electron chi connectivity index (χ0n) is 15.0. The second kappa shape index (κ2) is 5.55. The molecule has 0 fully saturated rings. The van der Waals surface area contributed by atoms with E-state index in [1.54, 1.807) is 0 Å². The predicted molar refractivity (Wildman–Crippen MR) is 99.9 cm³/mol. The number of fused-ring (bicyclic) bond motifs is 3. The average Bonchev–Trinajstić information content (AvgIpc) is 2.83. The molecule has 0 bridgehead atoms. The van der Waals surface area contributed by atoms with Gasteiger partial charge in [0, 0.05) is 23.3 Å². The number of furan rings is 1. The third kappa shape index (κ3) is 2.87. The number of hydrogen-bond acceptors (Lipinski definition) is 2. The second-order valence-corrected chi connectivity index (χ2v) is 12.9. The molecule has 0 saturated heterocycles. The van der Waals surface area contributed by atoms with Crippen molar-refractivity contribution in [1.29, 1.82) is 0 Å². The molecule has 0 amide bonds. The lowest BCUT2D eigenvalue weighted by molar-refractivity contribution is 0.489. The standard InChI is InChI=1S/C20H28O2Si/c1-7-14-9-8-10-18-19(14)16-13-15(11-12-17(16)21-18)22-23(5,6)20(2,3)4/h7,11-14H,1,8-10H2,2-6H3. The fourth-order valence-electron chi connectivity index (χ4n) is 3.11. The first-order valence-electron chi connectivity index (χ1n) is 8.60. The maximum absolute atomic E-state index is 6.48. The van der Waals surface area contributed by atoms with Crippen LogP contribution in [0.4, 0.5) is 0 Å². The van der Waals surface area contributed by atoms with E-state index in [1.165, 1.54) is 23.8 Å². The molecule has 124 valence electrons. The third-order valence-corrected chi connectivity index (χ3v) is 9.89. The fourth-order valence-corrected chi connectivity index (χ4v) is 4.13. The topological polar surface area (TPSA) is 22.4 Å². The van der Waals surface area contributed by atoms with Crippen molar-refractivity contribution in [2.24, 2.45) is 0 Å². The molecule has 0 radical (unpaired) electrons. The van der Waals surface area contributed by atoms with E-state index in [4.69, 9.17) is 8.84 Å². The van der Waals surface area contributed by atoms with E-state index in [0.29, 0.717) is 5.92 Å². The monoisotopic (exact) mass is 328 g/mol. The highest BCUT2D eigenvalue weighted by Gasteiger charge is 2.39. The first-order chi connectivity index (χ1) is 10.7. The minimum Gasteiger partial charge on any atom is -0.543 e. The van der Waals surface area contributed by atoms with E-state index < -0.39 is 8.32 Å². The molecule has 2 aromatic rings. The van der Waals surface area contributed by atoms with Crippen molar-refractivity contribution in [2.45, 2.75) is 64.1 Å². The summed E-state index contributed by atoms with van der Waals surface area (Å²) in [5.74, 6) is 2.52. The molecule has 1 unspecified atom stereocenters. The summed E-state index contributed by atoms with van der Waals surface area (Å²) in [6.07, 6.45) is 5.44. The smallest absolute Gasteiger partial charge is 0.250 e. The highest BCUT2D eigenvalue weighted by Crippen LogP contribution is 2.42. The molecule has 0 N–H and O–H groups in total. The summed E-state index contributed by atoms with van der Waals surface area (Å²) in [6.45, 7) is 15.4. The molecule has 23 heavy (non-hydrogen) atoms. The molecule has 2 nitrogen and oxygen atoms in total. The molecular weight excluding hydrogens is 300 g/mol. The molecule has 1 aliphatic carbocycles. The van der Waals surface area contributed by atoms with Crippen LogP contribution in [0.5, 0.6) is 5.75 Å². The van der Waals surface area contributed by atoms with E-state index in [-0.39, 0.29) is 5.04 Å². The minimum absolute atomic E-state index is 0.196. The molecule has 0 saturated carbocycles. The third-order valence-electron chi connectivity index (χ3n) is 5.53. The number of aryl methyl sites for hydroxylation is 1. The van der Waals surface area contributed by atoms with Gasteiger partial charge in [0.15, 0.2) is 0 Å². The molecule has 0 aliphatic heterocycles. The summed E-state index contributed by atoms with van der Waals surface area (Å²) < 4.78 is 12.6. The van der Waals surface area contributed by atoms with Gasteiger partial charge in [0.25, 0.3) is 0 Å². The van der Waals surface area contributed by atoms with E-state index in [0.717, 1.165) is 23.5 Å². The van der Waals surface area contributed by atoms with Crippen molar-refractivity contribution >= 4 is 19.3 Å². The lowest BCUT2D eigenvalue weighted by atomic mass is 9.85. The van der Waals surface area contributed by atoms with Gasteiger partial charge in [0.2, 0.25) is 8.32 Å². The summed E-state index contributed by atoms with van der Waals surface area (Å²) in [5, 5.41) is 1.40. The maximum Gasteiger partial charge on any atom is 0.250 e. The quantitative estimate of drug-likeness (QED) is 0.479. The molecule has 1 heterocycles. The fraction of sp³-hybridized carbons (Fsp3) is 0.500. The summed E-state index contributed by atoms with van der Waals surface area (Å²) in [7, 11) is -1.82. The molecule has 1 aliphatic rings. The molecule has 1 aromatic carbocycles. The van der Waals surface area contributed by atoms with Crippen LogP contribution in [0.3, 0.4) is 0 Å². The normalized spacial score (nSPS) is 18.7. The molecule has 0 spiro atoms. The van der Waals surface area contributed by atoms with Crippen LogP contribution in [0.15, 0.2) is 35.3 Å². The zero-order chi connectivity index (χ0) is 16.8.